The summed E-state index contributed by atoms with van der Waals surface area (Å²) in [6, 6.07) is 1.55. The molecule has 0 saturated heterocycles. The van der Waals surface area contributed by atoms with Gasteiger partial charge in [0.2, 0.25) is 0 Å². The molecule has 0 bridgehead atoms. The van der Waals surface area contributed by atoms with Gasteiger partial charge < -0.3 is 5.11 Å². The van der Waals surface area contributed by atoms with Gasteiger partial charge in [-0.05, 0) is 24.5 Å². The summed E-state index contributed by atoms with van der Waals surface area (Å²) in [6.45, 7) is 0. The largest absolute Gasteiger partial charge is 0.477 e. The second kappa shape index (κ2) is 4.61. The van der Waals surface area contributed by atoms with Crippen molar-refractivity contribution in [3.63, 3.8) is 0 Å². The summed E-state index contributed by atoms with van der Waals surface area (Å²) in [5, 5.41) is 15.3. The molecule has 0 spiro atoms. The number of carboxylic acids is 1. The molecule has 1 aromatic rings. The van der Waals surface area contributed by atoms with Crippen LogP contribution in [0.25, 0.3) is 5.57 Å². The quantitative estimate of drug-likeness (QED) is 0.797. The van der Waals surface area contributed by atoms with Crippen LogP contribution in [-0.4, -0.2) is 21.3 Å². The SMILES string of the molecule is O=C(O)c1cc(C2=C/CC\C=C/C=C\2)n[nH]1. The van der Waals surface area contributed by atoms with Gasteiger partial charge in [0, 0.05) is 0 Å². The van der Waals surface area contributed by atoms with Crippen molar-refractivity contribution in [2.75, 3.05) is 0 Å². The van der Waals surface area contributed by atoms with Crippen LogP contribution in [0.5, 0.6) is 0 Å². The second-order valence-corrected chi connectivity index (χ2v) is 3.50. The van der Waals surface area contributed by atoms with Crippen molar-refractivity contribution < 1.29 is 9.90 Å². The second-order valence-electron chi connectivity index (χ2n) is 3.50. The first-order valence-corrected chi connectivity index (χ1v) is 5.10. The Hall–Kier alpha value is -2.10. The van der Waals surface area contributed by atoms with Crippen LogP contribution in [0.1, 0.15) is 29.0 Å². The first-order chi connectivity index (χ1) is 7.77. The zero-order valence-corrected chi connectivity index (χ0v) is 8.68. The normalized spacial score (nSPS) is 22.6. The highest BCUT2D eigenvalue weighted by Crippen LogP contribution is 2.17. The number of aromatic amines is 1. The van der Waals surface area contributed by atoms with E-state index in [1.807, 2.05) is 18.2 Å². The van der Waals surface area contributed by atoms with E-state index in [1.165, 1.54) is 0 Å². The summed E-state index contributed by atoms with van der Waals surface area (Å²) >= 11 is 0. The molecule has 0 unspecified atom stereocenters. The summed E-state index contributed by atoms with van der Waals surface area (Å²) in [6.07, 6.45) is 11.9. The highest BCUT2D eigenvalue weighted by atomic mass is 16.4. The van der Waals surface area contributed by atoms with Crippen LogP contribution in [0.15, 0.2) is 36.4 Å². The van der Waals surface area contributed by atoms with Gasteiger partial charge >= 0.3 is 5.97 Å². The summed E-state index contributed by atoms with van der Waals surface area (Å²) in [5.74, 6) is -0.992. The maximum absolute atomic E-state index is 10.7. The molecule has 2 N–H and O–H groups in total. The smallest absolute Gasteiger partial charge is 0.353 e. The molecule has 0 fully saturated rings. The van der Waals surface area contributed by atoms with Gasteiger partial charge in [0.15, 0.2) is 0 Å². The standard InChI is InChI=1S/C12H12N2O2/c15-12(16)11-8-10(13-14-11)9-6-4-2-1-3-5-7-9/h1-2,4,6-8H,3,5H2,(H,13,14)(H,15,16)/b2-1-,6-4-,9-7+. The van der Waals surface area contributed by atoms with Gasteiger partial charge in [-0.15, -0.1) is 0 Å². The minimum Gasteiger partial charge on any atom is -0.477 e. The van der Waals surface area contributed by atoms with Crippen molar-refractivity contribution in [2.24, 2.45) is 0 Å². The third-order valence-electron chi connectivity index (χ3n) is 2.32. The average molecular weight is 216 g/mol. The van der Waals surface area contributed by atoms with Crippen molar-refractivity contribution in [3.8, 4) is 0 Å². The van der Waals surface area contributed by atoms with E-state index in [4.69, 9.17) is 5.11 Å². The first-order valence-electron chi connectivity index (χ1n) is 5.10. The molecule has 1 aliphatic rings. The molecule has 82 valence electrons. The molecule has 0 aromatic carbocycles. The van der Waals surface area contributed by atoms with Gasteiger partial charge in [-0.3, -0.25) is 5.10 Å². The lowest BCUT2D eigenvalue weighted by Gasteiger charge is -1.99. The van der Waals surface area contributed by atoms with E-state index in [9.17, 15) is 4.79 Å². The Bertz CT molecular complexity index is 481. The molecule has 0 atom stereocenters. The van der Waals surface area contributed by atoms with Gasteiger partial charge in [-0.2, -0.15) is 5.10 Å². The van der Waals surface area contributed by atoms with Gasteiger partial charge in [-0.25, -0.2) is 4.79 Å². The van der Waals surface area contributed by atoms with E-state index in [1.54, 1.807) is 6.07 Å². The van der Waals surface area contributed by atoms with Crippen molar-refractivity contribution in [1.82, 2.24) is 10.2 Å². The number of carboxylic acid groups (broad SMARTS) is 1. The van der Waals surface area contributed by atoms with Gasteiger partial charge in [0.05, 0.1) is 5.69 Å². The molecule has 0 radical (unpaired) electrons. The van der Waals surface area contributed by atoms with Crippen LogP contribution in [0.4, 0.5) is 0 Å². The number of H-pyrrole nitrogens is 1. The molecule has 1 heterocycles. The highest BCUT2D eigenvalue weighted by Gasteiger charge is 2.09. The maximum atomic E-state index is 10.7. The van der Waals surface area contributed by atoms with E-state index < -0.39 is 5.97 Å². The maximum Gasteiger partial charge on any atom is 0.353 e. The topological polar surface area (TPSA) is 66.0 Å². The molecule has 0 aliphatic heterocycles. The molecule has 4 nitrogen and oxygen atoms in total. The van der Waals surface area contributed by atoms with Gasteiger partial charge in [0.25, 0.3) is 0 Å². The molecule has 0 amide bonds. The van der Waals surface area contributed by atoms with Crippen LogP contribution in [-0.2, 0) is 0 Å². The number of aromatic carboxylic acids is 1. The van der Waals surface area contributed by atoms with Gasteiger partial charge in [0.1, 0.15) is 5.69 Å². The third kappa shape index (κ3) is 2.28. The highest BCUT2D eigenvalue weighted by molar-refractivity contribution is 5.87. The third-order valence-corrected chi connectivity index (χ3v) is 2.32. The van der Waals surface area contributed by atoms with Crippen LogP contribution in [0.2, 0.25) is 0 Å². The fraction of sp³-hybridized carbons (Fsp3) is 0.167. The number of hydrogen-bond acceptors (Lipinski definition) is 2. The number of nitrogens with one attached hydrogen (secondary N) is 1. The number of nitrogens with zero attached hydrogens (tertiary/aromatic N) is 1. The van der Waals surface area contributed by atoms with Crippen molar-refractivity contribution >= 4 is 11.5 Å². The number of rotatable bonds is 2. The molecule has 0 saturated carbocycles. The fourth-order valence-electron chi connectivity index (χ4n) is 1.51. The monoisotopic (exact) mass is 216 g/mol. The van der Waals surface area contributed by atoms with E-state index in [0.29, 0.717) is 5.69 Å². The van der Waals surface area contributed by atoms with E-state index in [-0.39, 0.29) is 5.69 Å². The predicted molar refractivity (Wildman–Crippen MR) is 61.0 cm³/mol. The summed E-state index contributed by atoms with van der Waals surface area (Å²) < 4.78 is 0. The molecular formula is C12H12N2O2. The molecule has 4 heteroatoms. The first kappa shape index (κ1) is 10.4. The van der Waals surface area contributed by atoms with Gasteiger partial charge in [-0.1, -0.05) is 30.4 Å². The van der Waals surface area contributed by atoms with Crippen molar-refractivity contribution in [3.05, 3.63) is 47.8 Å². The lowest BCUT2D eigenvalue weighted by molar-refractivity contribution is 0.0690. The molecular weight excluding hydrogens is 204 g/mol. The Balaban J connectivity index is 2.28. The Morgan fingerprint density at radius 2 is 2.25 bits per heavy atom. The Morgan fingerprint density at radius 1 is 1.38 bits per heavy atom. The zero-order chi connectivity index (χ0) is 11.4. The van der Waals surface area contributed by atoms with Crippen LogP contribution in [0, 0.1) is 0 Å². The lowest BCUT2D eigenvalue weighted by atomic mass is 10.1. The Morgan fingerprint density at radius 3 is 3.00 bits per heavy atom. The Labute approximate surface area is 93.0 Å². The number of hydrogen-bond donors (Lipinski definition) is 2. The summed E-state index contributed by atoms with van der Waals surface area (Å²) in [5.41, 5.74) is 1.74. The van der Waals surface area contributed by atoms with E-state index in [2.05, 4.69) is 22.3 Å². The minimum atomic E-state index is -0.992. The number of allylic oxidation sites excluding steroid dienone is 6. The van der Waals surface area contributed by atoms with Crippen LogP contribution in [0.3, 0.4) is 0 Å². The molecule has 2 rings (SSSR count). The summed E-state index contributed by atoms with van der Waals surface area (Å²) in [4.78, 5) is 10.7. The molecule has 16 heavy (non-hydrogen) atoms. The van der Waals surface area contributed by atoms with Crippen LogP contribution >= 0.6 is 0 Å². The minimum absolute atomic E-state index is 0.113. The zero-order valence-electron chi connectivity index (χ0n) is 8.68. The Kier molecular flexibility index (Phi) is 3.00. The summed E-state index contributed by atoms with van der Waals surface area (Å²) in [7, 11) is 0. The average Bonchev–Trinajstić information content (AvgIpc) is 2.66. The van der Waals surface area contributed by atoms with Crippen LogP contribution < -0.4 is 0 Å². The molecule has 1 aromatic heterocycles. The van der Waals surface area contributed by atoms with E-state index in [0.717, 1.165) is 18.4 Å². The number of carbonyl (C=O) groups is 1. The van der Waals surface area contributed by atoms with E-state index >= 15 is 0 Å². The fourth-order valence-corrected chi connectivity index (χ4v) is 1.51. The predicted octanol–water partition coefficient (Wildman–Crippen LogP) is 2.40. The van der Waals surface area contributed by atoms with Crippen molar-refractivity contribution in [2.45, 2.75) is 12.8 Å². The number of aromatic nitrogens is 2. The molecule has 1 aliphatic carbocycles. The van der Waals surface area contributed by atoms with Crippen molar-refractivity contribution in [1.29, 1.82) is 0 Å². The lowest BCUT2D eigenvalue weighted by Crippen LogP contribution is -1.95.